The molecule has 1 heterocycles. The van der Waals surface area contributed by atoms with Crippen LogP contribution >= 0.6 is 0 Å². The number of hydrogen-bond acceptors (Lipinski definition) is 3. The van der Waals surface area contributed by atoms with Crippen molar-refractivity contribution < 1.29 is 9.53 Å². The molecule has 1 amide bonds. The Balaban J connectivity index is 1.74. The molecular weight excluding hydrogens is 374 g/mol. The summed E-state index contributed by atoms with van der Waals surface area (Å²) in [4.78, 5) is 16.4. The first-order valence-electron chi connectivity index (χ1n) is 12.0. The van der Waals surface area contributed by atoms with Crippen molar-refractivity contribution in [2.24, 2.45) is 0 Å². The number of para-hydroxylation sites is 2. The summed E-state index contributed by atoms with van der Waals surface area (Å²) in [7, 11) is 1.54. The fourth-order valence-electron chi connectivity index (χ4n) is 3.98. The SMILES string of the molecule is CCCCCCCCCCCCn1c(CCCNC(=O)COC)nc2ccccc21. The number of hydrogen-bond donors (Lipinski definition) is 1. The van der Waals surface area contributed by atoms with Gasteiger partial charge in [0.2, 0.25) is 5.91 Å². The Morgan fingerprint density at radius 3 is 2.33 bits per heavy atom. The smallest absolute Gasteiger partial charge is 0.245 e. The van der Waals surface area contributed by atoms with Gasteiger partial charge in [-0.3, -0.25) is 4.79 Å². The molecule has 2 rings (SSSR count). The monoisotopic (exact) mass is 415 g/mol. The molecule has 0 bridgehead atoms. The minimum absolute atomic E-state index is 0.0589. The van der Waals surface area contributed by atoms with Crippen LogP contribution in [0.1, 0.15) is 83.4 Å². The van der Waals surface area contributed by atoms with Crippen molar-refractivity contribution in [2.45, 2.75) is 90.5 Å². The second-order valence-electron chi connectivity index (χ2n) is 8.24. The van der Waals surface area contributed by atoms with E-state index < -0.39 is 0 Å². The summed E-state index contributed by atoms with van der Waals surface area (Å²) in [6.07, 6.45) is 15.3. The van der Waals surface area contributed by atoms with E-state index in [0.29, 0.717) is 6.54 Å². The van der Waals surface area contributed by atoms with Gasteiger partial charge in [0.1, 0.15) is 12.4 Å². The highest BCUT2D eigenvalue weighted by atomic mass is 16.5. The summed E-state index contributed by atoms with van der Waals surface area (Å²) >= 11 is 0. The van der Waals surface area contributed by atoms with Crippen LogP contribution in [0.25, 0.3) is 11.0 Å². The highest BCUT2D eigenvalue weighted by Gasteiger charge is 2.10. The molecule has 0 radical (unpaired) electrons. The molecule has 0 saturated carbocycles. The van der Waals surface area contributed by atoms with Crippen LogP contribution in [-0.4, -0.2) is 35.7 Å². The van der Waals surface area contributed by atoms with Crippen LogP contribution in [0.4, 0.5) is 0 Å². The number of rotatable bonds is 17. The number of imidazole rings is 1. The molecule has 0 spiro atoms. The van der Waals surface area contributed by atoms with Gasteiger partial charge in [-0.25, -0.2) is 4.98 Å². The summed E-state index contributed by atoms with van der Waals surface area (Å²) in [5, 5.41) is 2.89. The molecule has 0 aliphatic carbocycles. The molecule has 5 nitrogen and oxygen atoms in total. The molecule has 168 valence electrons. The Labute approximate surface area is 182 Å². The zero-order chi connectivity index (χ0) is 21.4. The van der Waals surface area contributed by atoms with E-state index >= 15 is 0 Å². The summed E-state index contributed by atoms with van der Waals surface area (Å²) in [6, 6.07) is 8.40. The molecular formula is C25H41N3O2. The van der Waals surface area contributed by atoms with Crippen LogP contribution in [0.3, 0.4) is 0 Å². The number of aromatic nitrogens is 2. The van der Waals surface area contributed by atoms with Gasteiger partial charge in [-0.05, 0) is 25.0 Å². The van der Waals surface area contributed by atoms with Gasteiger partial charge >= 0.3 is 0 Å². The highest BCUT2D eigenvalue weighted by Crippen LogP contribution is 2.19. The van der Waals surface area contributed by atoms with Gasteiger partial charge in [0, 0.05) is 26.6 Å². The second-order valence-corrected chi connectivity index (χ2v) is 8.24. The Hall–Kier alpha value is -1.88. The predicted molar refractivity (Wildman–Crippen MR) is 125 cm³/mol. The zero-order valence-electron chi connectivity index (χ0n) is 19.1. The Morgan fingerprint density at radius 2 is 1.63 bits per heavy atom. The molecule has 0 unspecified atom stereocenters. The average molecular weight is 416 g/mol. The fraction of sp³-hybridized carbons (Fsp3) is 0.680. The molecule has 5 heteroatoms. The standard InChI is InChI=1S/C25H41N3O2/c1-3-4-5-6-7-8-9-10-11-14-20-28-23-17-13-12-16-22(23)27-24(28)18-15-19-26-25(29)21-30-2/h12-13,16-17H,3-11,14-15,18-21H2,1-2H3,(H,26,29). The van der Waals surface area contributed by atoms with Crippen LogP contribution in [0, 0.1) is 0 Å². The maximum atomic E-state index is 11.5. The van der Waals surface area contributed by atoms with Crippen molar-refractivity contribution in [3.63, 3.8) is 0 Å². The van der Waals surface area contributed by atoms with Crippen molar-refractivity contribution >= 4 is 16.9 Å². The number of nitrogens with one attached hydrogen (secondary N) is 1. The number of nitrogens with zero attached hydrogens (tertiary/aromatic N) is 2. The maximum absolute atomic E-state index is 11.5. The van der Waals surface area contributed by atoms with Gasteiger partial charge in [-0.1, -0.05) is 76.8 Å². The van der Waals surface area contributed by atoms with E-state index in [1.807, 2.05) is 0 Å². The Kier molecular flexibility index (Phi) is 12.2. The fourth-order valence-corrected chi connectivity index (χ4v) is 3.98. The maximum Gasteiger partial charge on any atom is 0.245 e. The third-order valence-corrected chi connectivity index (χ3v) is 5.64. The normalized spacial score (nSPS) is 11.3. The first-order chi connectivity index (χ1) is 14.8. The van der Waals surface area contributed by atoms with Crippen LogP contribution in [0.2, 0.25) is 0 Å². The van der Waals surface area contributed by atoms with E-state index in [-0.39, 0.29) is 12.5 Å². The van der Waals surface area contributed by atoms with Crippen LogP contribution in [0.5, 0.6) is 0 Å². The van der Waals surface area contributed by atoms with Crippen LogP contribution < -0.4 is 5.32 Å². The number of benzene rings is 1. The van der Waals surface area contributed by atoms with Crippen molar-refractivity contribution in [2.75, 3.05) is 20.3 Å². The van der Waals surface area contributed by atoms with Gasteiger partial charge in [0.25, 0.3) is 0 Å². The van der Waals surface area contributed by atoms with Gasteiger partial charge in [-0.15, -0.1) is 0 Å². The number of amides is 1. The van der Waals surface area contributed by atoms with Crippen molar-refractivity contribution in [1.82, 2.24) is 14.9 Å². The quantitative estimate of drug-likeness (QED) is 0.340. The third-order valence-electron chi connectivity index (χ3n) is 5.64. The topological polar surface area (TPSA) is 56.2 Å². The highest BCUT2D eigenvalue weighted by molar-refractivity contribution is 5.77. The van der Waals surface area contributed by atoms with Gasteiger partial charge in [0.05, 0.1) is 11.0 Å². The number of methoxy groups -OCH3 is 1. The number of carbonyl (C=O) groups is 1. The lowest BCUT2D eigenvalue weighted by atomic mass is 10.1. The first kappa shape index (κ1) is 24.4. The summed E-state index contributed by atoms with van der Waals surface area (Å²) in [5.74, 6) is 1.07. The number of carbonyl (C=O) groups excluding carboxylic acids is 1. The number of ether oxygens (including phenoxy) is 1. The molecule has 0 saturated heterocycles. The summed E-state index contributed by atoms with van der Waals surface area (Å²) in [6.45, 7) is 4.08. The lowest BCUT2D eigenvalue weighted by Gasteiger charge is -2.10. The third kappa shape index (κ3) is 8.86. The molecule has 1 aromatic carbocycles. The lowest BCUT2D eigenvalue weighted by molar-refractivity contribution is -0.124. The number of fused-ring (bicyclic) bond motifs is 1. The van der Waals surface area contributed by atoms with Crippen molar-refractivity contribution in [3.8, 4) is 0 Å². The lowest BCUT2D eigenvalue weighted by Crippen LogP contribution is -2.28. The van der Waals surface area contributed by atoms with Gasteiger partial charge in [0.15, 0.2) is 0 Å². The Bertz CT molecular complexity index is 726. The second kappa shape index (κ2) is 15.0. The minimum Gasteiger partial charge on any atom is -0.375 e. The molecule has 30 heavy (non-hydrogen) atoms. The average Bonchev–Trinajstić information content (AvgIpc) is 3.10. The van der Waals surface area contributed by atoms with E-state index in [4.69, 9.17) is 9.72 Å². The predicted octanol–water partition coefficient (Wildman–Crippen LogP) is 5.65. The van der Waals surface area contributed by atoms with E-state index in [1.165, 1.54) is 76.8 Å². The first-order valence-corrected chi connectivity index (χ1v) is 12.0. The molecule has 1 N–H and O–H groups in total. The van der Waals surface area contributed by atoms with Gasteiger partial charge < -0.3 is 14.6 Å². The number of unbranched alkanes of at least 4 members (excludes halogenated alkanes) is 9. The molecule has 2 aromatic rings. The molecule has 0 aliphatic heterocycles. The van der Waals surface area contributed by atoms with Gasteiger partial charge in [-0.2, -0.15) is 0 Å². The zero-order valence-corrected chi connectivity index (χ0v) is 19.1. The molecule has 1 aromatic heterocycles. The van der Waals surface area contributed by atoms with E-state index in [1.54, 1.807) is 0 Å². The minimum atomic E-state index is -0.0589. The summed E-state index contributed by atoms with van der Waals surface area (Å²) < 4.78 is 7.24. The van der Waals surface area contributed by atoms with Crippen LogP contribution in [0.15, 0.2) is 24.3 Å². The van der Waals surface area contributed by atoms with E-state index in [9.17, 15) is 4.79 Å². The summed E-state index contributed by atoms with van der Waals surface area (Å²) in [5.41, 5.74) is 2.30. The van der Waals surface area contributed by atoms with E-state index in [2.05, 4.69) is 41.1 Å². The Morgan fingerprint density at radius 1 is 0.967 bits per heavy atom. The van der Waals surface area contributed by atoms with E-state index in [0.717, 1.165) is 30.7 Å². The van der Waals surface area contributed by atoms with Crippen molar-refractivity contribution in [3.05, 3.63) is 30.1 Å². The van der Waals surface area contributed by atoms with Crippen LogP contribution in [-0.2, 0) is 22.5 Å². The molecule has 0 aliphatic rings. The number of aryl methyl sites for hydroxylation is 2. The molecule has 0 atom stereocenters. The largest absolute Gasteiger partial charge is 0.375 e. The molecule has 0 fully saturated rings. The van der Waals surface area contributed by atoms with Crippen molar-refractivity contribution in [1.29, 1.82) is 0 Å².